The second-order valence-electron chi connectivity index (χ2n) is 2.66. The normalized spacial score (nSPS) is 22.7. The van der Waals surface area contributed by atoms with Gasteiger partial charge in [0, 0.05) is 0 Å². The molecule has 0 spiro atoms. The first-order valence-corrected chi connectivity index (χ1v) is 3.01. The summed E-state index contributed by atoms with van der Waals surface area (Å²) in [4.78, 5) is 0. The minimum atomic E-state index is 0.890. The number of hydrogen-bond donors (Lipinski definition) is 1. The van der Waals surface area contributed by atoms with Gasteiger partial charge in [0.15, 0.2) is 0 Å². The van der Waals surface area contributed by atoms with Crippen molar-refractivity contribution in [2.24, 2.45) is 11.8 Å². The van der Waals surface area contributed by atoms with Crippen molar-refractivity contribution < 1.29 is 0 Å². The minimum absolute atomic E-state index is 0.890. The van der Waals surface area contributed by atoms with E-state index in [9.17, 15) is 0 Å². The van der Waals surface area contributed by atoms with Gasteiger partial charge in [-0.15, -0.1) is 0 Å². The maximum atomic E-state index is 3.24. The fourth-order valence-electron chi connectivity index (χ4n) is 0.782. The Balaban J connectivity index is 2.14. The van der Waals surface area contributed by atoms with Crippen LogP contribution in [0.2, 0.25) is 0 Å². The first-order valence-electron chi connectivity index (χ1n) is 3.01. The largest absolute Gasteiger partial charge is 0.316 e. The minimum Gasteiger partial charge on any atom is -0.316 e. The van der Waals surface area contributed by atoms with Gasteiger partial charge in [-0.2, -0.15) is 0 Å². The van der Waals surface area contributed by atoms with E-state index >= 15 is 0 Å². The molecule has 0 bridgehead atoms. The van der Waals surface area contributed by atoms with Crippen LogP contribution in [0.25, 0.3) is 0 Å². The lowest BCUT2D eigenvalue weighted by Gasteiger charge is -2.30. The van der Waals surface area contributed by atoms with Crippen molar-refractivity contribution >= 4 is 0 Å². The van der Waals surface area contributed by atoms with E-state index in [2.05, 4.69) is 19.2 Å². The van der Waals surface area contributed by atoms with E-state index in [4.69, 9.17) is 0 Å². The summed E-state index contributed by atoms with van der Waals surface area (Å²) >= 11 is 0. The highest BCUT2D eigenvalue weighted by molar-refractivity contribution is 4.76. The van der Waals surface area contributed by atoms with Crippen LogP contribution in [0, 0.1) is 11.8 Å². The molecule has 0 aliphatic carbocycles. The monoisotopic (exact) mass is 99.1 g/mol. The van der Waals surface area contributed by atoms with Gasteiger partial charge < -0.3 is 5.32 Å². The van der Waals surface area contributed by atoms with Gasteiger partial charge in [-0.1, -0.05) is 13.8 Å². The Morgan fingerprint density at radius 1 is 1.43 bits per heavy atom. The van der Waals surface area contributed by atoms with Crippen molar-refractivity contribution in [1.82, 2.24) is 5.32 Å². The third-order valence-electron chi connectivity index (χ3n) is 1.76. The maximum absolute atomic E-state index is 3.24. The van der Waals surface area contributed by atoms with E-state index in [-0.39, 0.29) is 0 Å². The molecule has 1 heteroatoms. The van der Waals surface area contributed by atoms with Crippen LogP contribution in [0.1, 0.15) is 13.8 Å². The smallest absolute Gasteiger partial charge is 0.000580 e. The number of nitrogens with one attached hydrogen (secondary N) is 1. The molecule has 0 radical (unpaired) electrons. The molecule has 0 aromatic carbocycles. The summed E-state index contributed by atoms with van der Waals surface area (Å²) in [5.74, 6) is 1.86. The molecule has 1 heterocycles. The van der Waals surface area contributed by atoms with Crippen molar-refractivity contribution in [2.75, 3.05) is 13.1 Å². The molecule has 0 amide bonds. The molecule has 1 fully saturated rings. The molecule has 1 saturated heterocycles. The van der Waals surface area contributed by atoms with E-state index in [1.165, 1.54) is 13.1 Å². The highest BCUT2D eigenvalue weighted by Crippen LogP contribution is 2.13. The van der Waals surface area contributed by atoms with Gasteiger partial charge in [0.05, 0.1) is 0 Å². The first-order chi connectivity index (χ1) is 3.30. The molecule has 0 aromatic heterocycles. The van der Waals surface area contributed by atoms with Crippen molar-refractivity contribution in [3.8, 4) is 0 Å². The highest BCUT2D eigenvalue weighted by Gasteiger charge is 2.19. The average molecular weight is 99.2 g/mol. The zero-order valence-corrected chi connectivity index (χ0v) is 5.07. The molecule has 1 rings (SSSR count). The molecule has 1 aliphatic heterocycles. The molecule has 0 aromatic rings. The molecule has 0 unspecified atom stereocenters. The molecule has 0 saturated carbocycles. The molecule has 7 heavy (non-hydrogen) atoms. The van der Waals surface area contributed by atoms with Gasteiger partial charge in [0.2, 0.25) is 0 Å². The maximum Gasteiger partial charge on any atom is -0.000580 e. The van der Waals surface area contributed by atoms with Crippen LogP contribution in [0.15, 0.2) is 0 Å². The van der Waals surface area contributed by atoms with E-state index < -0.39 is 0 Å². The SMILES string of the molecule is CC(C)C1CNC1. The van der Waals surface area contributed by atoms with Gasteiger partial charge in [-0.25, -0.2) is 0 Å². The Kier molecular flexibility index (Phi) is 1.33. The summed E-state index contributed by atoms with van der Waals surface area (Å²) < 4.78 is 0. The number of rotatable bonds is 1. The van der Waals surface area contributed by atoms with E-state index in [1.807, 2.05) is 0 Å². The van der Waals surface area contributed by atoms with Crippen LogP contribution >= 0.6 is 0 Å². The zero-order valence-electron chi connectivity index (χ0n) is 5.07. The summed E-state index contributed by atoms with van der Waals surface area (Å²) in [7, 11) is 0. The van der Waals surface area contributed by atoms with E-state index in [0.29, 0.717) is 0 Å². The fourth-order valence-corrected chi connectivity index (χ4v) is 0.782. The standard InChI is InChI=1S/C6H13N/c1-5(2)6-3-7-4-6/h5-7H,3-4H2,1-2H3. The predicted molar refractivity (Wildman–Crippen MR) is 31.2 cm³/mol. The second-order valence-corrected chi connectivity index (χ2v) is 2.66. The van der Waals surface area contributed by atoms with Crippen molar-refractivity contribution in [3.05, 3.63) is 0 Å². The molecule has 1 aliphatic rings. The topological polar surface area (TPSA) is 12.0 Å². The van der Waals surface area contributed by atoms with Crippen LogP contribution in [-0.4, -0.2) is 13.1 Å². The summed E-state index contributed by atoms with van der Waals surface area (Å²) in [6, 6.07) is 0. The molecular weight excluding hydrogens is 86.1 g/mol. The molecule has 0 atom stereocenters. The summed E-state index contributed by atoms with van der Waals surface area (Å²) in [5.41, 5.74) is 0. The Hall–Kier alpha value is -0.0400. The van der Waals surface area contributed by atoms with Gasteiger partial charge >= 0.3 is 0 Å². The summed E-state index contributed by atoms with van der Waals surface area (Å²) in [5, 5.41) is 3.24. The average Bonchev–Trinajstić information content (AvgIpc) is 1.23. The molecule has 42 valence electrons. The van der Waals surface area contributed by atoms with Crippen molar-refractivity contribution in [1.29, 1.82) is 0 Å². The lowest BCUT2D eigenvalue weighted by atomic mass is 9.91. The predicted octanol–water partition coefficient (Wildman–Crippen LogP) is 0.862. The second kappa shape index (κ2) is 1.83. The van der Waals surface area contributed by atoms with Crippen molar-refractivity contribution in [3.63, 3.8) is 0 Å². The van der Waals surface area contributed by atoms with Crippen LogP contribution in [0.5, 0.6) is 0 Å². The van der Waals surface area contributed by atoms with Crippen molar-refractivity contribution in [2.45, 2.75) is 13.8 Å². The van der Waals surface area contributed by atoms with Gasteiger partial charge in [-0.3, -0.25) is 0 Å². The van der Waals surface area contributed by atoms with Crippen LogP contribution < -0.4 is 5.32 Å². The quantitative estimate of drug-likeness (QED) is 0.514. The Morgan fingerprint density at radius 3 is 2.00 bits per heavy atom. The zero-order chi connectivity index (χ0) is 5.28. The van der Waals surface area contributed by atoms with E-state index in [0.717, 1.165) is 11.8 Å². The molecular formula is C6H13N. The highest BCUT2D eigenvalue weighted by atomic mass is 14.9. The van der Waals surface area contributed by atoms with Gasteiger partial charge in [-0.05, 0) is 24.9 Å². The first kappa shape index (κ1) is 5.10. The molecule has 1 nitrogen and oxygen atoms in total. The molecule has 1 N–H and O–H groups in total. The van der Waals surface area contributed by atoms with E-state index in [1.54, 1.807) is 0 Å². The lowest BCUT2D eigenvalue weighted by molar-refractivity contribution is 0.265. The fraction of sp³-hybridized carbons (Fsp3) is 1.00. The third kappa shape index (κ3) is 0.942. The summed E-state index contributed by atoms with van der Waals surface area (Å²) in [6.45, 7) is 7.06. The van der Waals surface area contributed by atoms with Gasteiger partial charge in [0.25, 0.3) is 0 Å². The Labute approximate surface area is 45.1 Å². The van der Waals surface area contributed by atoms with Crippen LogP contribution in [0.3, 0.4) is 0 Å². The number of hydrogen-bond acceptors (Lipinski definition) is 1. The Bertz CT molecular complexity index is 55.2. The third-order valence-corrected chi connectivity index (χ3v) is 1.76. The summed E-state index contributed by atoms with van der Waals surface area (Å²) in [6.07, 6.45) is 0. The van der Waals surface area contributed by atoms with Crippen LogP contribution in [-0.2, 0) is 0 Å². The lowest BCUT2D eigenvalue weighted by Crippen LogP contribution is -2.44. The van der Waals surface area contributed by atoms with Gasteiger partial charge in [0.1, 0.15) is 0 Å². The van der Waals surface area contributed by atoms with Crippen LogP contribution in [0.4, 0.5) is 0 Å². The Morgan fingerprint density at radius 2 is 2.00 bits per heavy atom.